The smallest absolute Gasteiger partial charge is 0.331 e. The molecule has 2 fully saturated rings. The number of barbiturate groups is 1. The molecule has 138 valence electrons. The number of hydrogen-bond acceptors (Lipinski definition) is 4. The predicted molar refractivity (Wildman–Crippen MR) is 99.4 cm³/mol. The zero-order valence-corrected chi connectivity index (χ0v) is 14.8. The molecule has 6 nitrogen and oxygen atoms in total. The highest BCUT2D eigenvalue weighted by Gasteiger charge is 2.40. The van der Waals surface area contributed by atoms with Crippen molar-refractivity contribution in [1.82, 2.24) is 10.2 Å². The summed E-state index contributed by atoms with van der Waals surface area (Å²) in [5, 5.41) is 2.28. The standard InChI is InChI=1S/C21H20N2O4/c24-19-17(13-16-11-12-18(27-16)14-7-3-1-4-8-14)20(25)23(21(26)22-19)15-9-5-2-6-10-15/h1,3-4,7-8,11-13,15H,2,5-6,9-10H2,(H,22,24,26). The third-order valence-corrected chi connectivity index (χ3v) is 5.04. The van der Waals surface area contributed by atoms with Crippen molar-refractivity contribution in [3.8, 4) is 11.3 Å². The average molecular weight is 364 g/mol. The van der Waals surface area contributed by atoms with Gasteiger partial charge in [-0.25, -0.2) is 4.79 Å². The monoisotopic (exact) mass is 364 g/mol. The van der Waals surface area contributed by atoms with Crippen molar-refractivity contribution in [3.05, 3.63) is 53.8 Å². The topological polar surface area (TPSA) is 79.6 Å². The number of carbonyl (C=O) groups excluding carboxylic acids is 3. The first-order valence-electron chi connectivity index (χ1n) is 9.19. The van der Waals surface area contributed by atoms with Crippen LogP contribution in [0.3, 0.4) is 0 Å². The van der Waals surface area contributed by atoms with E-state index in [9.17, 15) is 14.4 Å². The lowest BCUT2D eigenvalue weighted by Gasteiger charge is -2.35. The lowest BCUT2D eigenvalue weighted by atomic mass is 9.93. The lowest BCUT2D eigenvalue weighted by molar-refractivity contribution is -0.132. The van der Waals surface area contributed by atoms with Gasteiger partial charge in [-0.15, -0.1) is 0 Å². The summed E-state index contributed by atoms with van der Waals surface area (Å²) in [5.41, 5.74) is 0.828. The van der Waals surface area contributed by atoms with Crippen LogP contribution in [0.5, 0.6) is 0 Å². The third kappa shape index (κ3) is 3.43. The number of carbonyl (C=O) groups is 3. The Morgan fingerprint density at radius 2 is 1.70 bits per heavy atom. The number of hydrogen-bond donors (Lipinski definition) is 1. The van der Waals surface area contributed by atoms with Crippen molar-refractivity contribution in [2.75, 3.05) is 0 Å². The Morgan fingerprint density at radius 1 is 0.963 bits per heavy atom. The molecular weight excluding hydrogens is 344 g/mol. The van der Waals surface area contributed by atoms with Crippen molar-refractivity contribution in [2.45, 2.75) is 38.1 Å². The van der Waals surface area contributed by atoms with Gasteiger partial charge in [0.1, 0.15) is 17.1 Å². The van der Waals surface area contributed by atoms with E-state index >= 15 is 0 Å². The van der Waals surface area contributed by atoms with Gasteiger partial charge in [0.15, 0.2) is 0 Å². The summed E-state index contributed by atoms with van der Waals surface area (Å²) in [5.74, 6) is -0.195. The maximum absolute atomic E-state index is 12.9. The van der Waals surface area contributed by atoms with Gasteiger partial charge in [-0.2, -0.15) is 0 Å². The first-order chi connectivity index (χ1) is 13.1. The van der Waals surface area contributed by atoms with Crippen LogP contribution in [0.4, 0.5) is 4.79 Å². The fourth-order valence-corrected chi connectivity index (χ4v) is 3.67. The van der Waals surface area contributed by atoms with Crippen LogP contribution in [0.25, 0.3) is 17.4 Å². The quantitative estimate of drug-likeness (QED) is 0.665. The average Bonchev–Trinajstić information content (AvgIpc) is 3.15. The van der Waals surface area contributed by atoms with Crippen LogP contribution in [-0.4, -0.2) is 28.8 Å². The van der Waals surface area contributed by atoms with Crippen LogP contribution in [0.2, 0.25) is 0 Å². The molecule has 1 aliphatic carbocycles. The number of furan rings is 1. The first-order valence-corrected chi connectivity index (χ1v) is 9.19. The second kappa shape index (κ2) is 7.23. The van der Waals surface area contributed by atoms with E-state index in [1.54, 1.807) is 12.1 Å². The van der Waals surface area contributed by atoms with Crippen LogP contribution >= 0.6 is 0 Å². The van der Waals surface area contributed by atoms with Crippen molar-refractivity contribution in [2.24, 2.45) is 0 Å². The van der Waals surface area contributed by atoms with Gasteiger partial charge in [0.2, 0.25) is 0 Å². The van der Waals surface area contributed by atoms with Gasteiger partial charge in [0.05, 0.1) is 0 Å². The van der Waals surface area contributed by atoms with Gasteiger partial charge in [-0.3, -0.25) is 19.8 Å². The molecule has 2 aromatic rings. The van der Waals surface area contributed by atoms with Crippen molar-refractivity contribution in [1.29, 1.82) is 0 Å². The van der Waals surface area contributed by atoms with Crippen molar-refractivity contribution in [3.63, 3.8) is 0 Å². The fourth-order valence-electron chi connectivity index (χ4n) is 3.67. The maximum Gasteiger partial charge on any atom is 0.331 e. The summed E-state index contributed by atoms with van der Waals surface area (Å²) in [6, 6.07) is 12.3. The largest absolute Gasteiger partial charge is 0.457 e. The number of rotatable bonds is 3. The van der Waals surface area contributed by atoms with Crippen molar-refractivity contribution < 1.29 is 18.8 Å². The lowest BCUT2D eigenvalue weighted by Crippen LogP contribution is -2.58. The van der Waals surface area contributed by atoms with E-state index in [1.165, 1.54) is 11.0 Å². The van der Waals surface area contributed by atoms with E-state index in [2.05, 4.69) is 5.32 Å². The molecule has 0 radical (unpaired) electrons. The highest BCUT2D eigenvalue weighted by Crippen LogP contribution is 2.27. The molecular formula is C21H20N2O4. The number of benzene rings is 1. The molecule has 4 rings (SSSR count). The SMILES string of the molecule is O=C1NC(=O)N(C2CCCCC2)C(=O)C1=Cc1ccc(-c2ccccc2)o1. The summed E-state index contributed by atoms with van der Waals surface area (Å²) < 4.78 is 5.76. The number of amides is 4. The van der Waals surface area contributed by atoms with Crippen LogP contribution in [-0.2, 0) is 9.59 Å². The molecule has 27 heavy (non-hydrogen) atoms. The minimum atomic E-state index is -0.685. The number of imide groups is 2. The normalized spacial score (nSPS) is 20.2. The summed E-state index contributed by atoms with van der Waals surface area (Å²) >= 11 is 0. The Labute approximate surface area is 156 Å². The minimum Gasteiger partial charge on any atom is -0.457 e. The third-order valence-electron chi connectivity index (χ3n) is 5.04. The Hall–Kier alpha value is -3.15. The summed E-state index contributed by atoms with van der Waals surface area (Å²) in [4.78, 5) is 38.5. The van der Waals surface area contributed by atoms with Gasteiger partial charge < -0.3 is 4.42 Å². The second-order valence-electron chi connectivity index (χ2n) is 6.85. The summed E-state index contributed by atoms with van der Waals surface area (Å²) in [6.07, 6.45) is 6.03. The molecule has 0 spiro atoms. The van der Waals surface area contributed by atoms with Crippen LogP contribution < -0.4 is 5.32 Å². The molecule has 1 saturated heterocycles. The highest BCUT2D eigenvalue weighted by molar-refractivity contribution is 6.31. The number of nitrogens with one attached hydrogen (secondary N) is 1. The molecule has 4 amide bonds. The summed E-state index contributed by atoms with van der Waals surface area (Å²) in [6.45, 7) is 0. The van der Waals surface area contributed by atoms with Crippen molar-refractivity contribution >= 4 is 23.9 Å². The zero-order valence-electron chi connectivity index (χ0n) is 14.8. The minimum absolute atomic E-state index is 0.0749. The first kappa shape index (κ1) is 17.3. The molecule has 0 bridgehead atoms. The molecule has 1 N–H and O–H groups in total. The molecule has 1 saturated carbocycles. The maximum atomic E-state index is 12.9. The van der Waals surface area contributed by atoms with Crippen LogP contribution in [0.15, 0.2) is 52.5 Å². The van der Waals surface area contributed by atoms with E-state index in [0.717, 1.165) is 37.7 Å². The molecule has 0 atom stereocenters. The summed E-state index contributed by atoms with van der Waals surface area (Å²) in [7, 11) is 0. The Kier molecular flexibility index (Phi) is 4.62. The molecule has 6 heteroatoms. The molecule has 1 aliphatic heterocycles. The molecule has 2 heterocycles. The Bertz CT molecular complexity index is 907. The van der Waals surface area contributed by atoms with Gasteiger partial charge >= 0.3 is 6.03 Å². The second-order valence-corrected chi connectivity index (χ2v) is 6.85. The fraction of sp³-hybridized carbons (Fsp3) is 0.286. The van der Waals surface area contributed by atoms with E-state index in [4.69, 9.17) is 4.42 Å². The van der Waals surface area contributed by atoms with Gasteiger partial charge in [0, 0.05) is 11.6 Å². The molecule has 2 aliphatic rings. The van der Waals surface area contributed by atoms with E-state index in [1.807, 2.05) is 30.3 Å². The Morgan fingerprint density at radius 3 is 2.44 bits per heavy atom. The van der Waals surface area contributed by atoms with E-state index in [-0.39, 0.29) is 11.6 Å². The van der Waals surface area contributed by atoms with Crippen LogP contribution in [0, 0.1) is 0 Å². The molecule has 1 aromatic carbocycles. The van der Waals surface area contributed by atoms with Gasteiger partial charge in [-0.1, -0.05) is 49.6 Å². The highest BCUT2D eigenvalue weighted by atomic mass is 16.3. The number of nitrogens with zero attached hydrogens (tertiary/aromatic N) is 1. The number of urea groups is 1. The van der Waals surface area contributed by atoms with Gasteiger partial charge in [-0.05, 0) is 31.1 Å². The van der Waals surface area contributed by atoms with Crippen LogP contribution in [0.1, 0.15) is 37.9 Å². The van der Waals surface area contributed by atoms with E-state index < -0.39 is 17.8 Å². The molecule has 1 aromatic heterocycles. The molecule has 0 unspecified atom stereocenters. The zero-order chi connectivity index (χ0) is 18.8. The Balaban J connectivity index is 1.61. The van der Waals surface area contributed by atoms with Gasteiger partial charge in [0.25, 0.3) is 11.8 Å². The predicted octanol–water partition coefficient (Wildman–Crippen LogP) is 3.74. The van der Waals surface area contributed by atoms with E-state index in [0.29, 0.717) is 11.5 Å².